The summed E-state index contributed by atoms with van der Waals surface area (Å²) in [5.74, 6) is 6.24. The highest BCUT2D eigenvalue weighted by Gasteiger charge is 2.59. The van der Waals surface area contributed by atoms with Crippen molar-refractivity contribution in [3.05, 3.63) is 11.4 Å². The van der Waals surface area contributed by atoms with Crippen LogP contribution in [0.1, 0.15) is 320 Å². The third kappa shape index (κ3) is 44.7. The fraction of sp³-hybridized carbons (Fsp3) is 0.990. The molecule has 13 rings (SSSR count). The van der Waals surface area contributed by atoms with Gasteiger partial charge in [-0.1, -0.05) is 0 Å². The molecule has 14 atom stereocenters. The van der Waals surface area contributed by atoms with Gasteiger partial charge in [-0.15, -0.1) is 0 Å². The van der Waals surface area contributed by atoms with E-state index in [1.165, 1.54) is 182 Å². The third-order valence-electron chi connectivity index (χ3n) is 30.2. The van der Waals surface area contributed by atoms with E-state index in [9.17, 15) is 0 Å². The monoisotopic (exact) mass is 1790 g/mol. The molecule has 2 aliphatic carbocycles. The highest BCUT2D eigenvalue weighted by atomic mass is 15.3. The molecule has 0 aromatic heterocycles. The van der Waals surface area contributed by atoms with E-state index in [1.54, 1.807) is 0 Å². The van der Waals surface area contributed by atoms with E-state index in [0.717, 1.165) is 101 Å². The van der Waals surface area contributed by atoms with Crippen LogP contribution in [0.4, 0.5) is 0 Å². The number of nitrogens with one attached hydrogen (secondary N) is 3. The summed E-state index contributed by atoms with van der Waals surface area (Å²) in [6.07, 6.45) is 13.7. The van der Waals surface area contributed by atoms with Gasteiger partial charge in [-0.05, 0) is 427 Å². The Balaban J connectivity index is 0.000000361. The molecule has 2 saturated carbocycles. The average Bonchev–Trinajstić information content (AvgIpc) is 1.58. The van der Waals surface area contributed by atoms with Crippen LogP contribution in [0, 0.1) is 53.9 Å². The summed E-state index contributed by atoms with van der Waals surface area (Å²) in [6, 6.07) is 3.06. The zero-order chi connectivity index (χ0) is 97.4. The van der Waals surface area contributed by atoms with Crippen molar-refractivity contribution in [1.29, 1.82) is 0 Å². The van der Waals surface area contributed by atoms with E-state index in [2.05, 4.69) is 324 Å². The van der Waals surface area contributed by atoms with Gasteiger partial charge in [-0.2, -0.15) is 0 Å². The number of fused-ring (bicyclic) bond motifs is 2. The highest BCUT2D eigenvalue weighted by Crippen LogP contribution is 2.49. The van der Waals surface area contributed by atoms with Gasteiger partial charge in [-0.25, -0.2) is 6.57 Å². The van der Waals surface area contributed by atoms with E-state index in [0.29, 0.717) is 122 Å². The predicted octanol–water partition coefficient (Wildman–Crippen LogP) is 12.7. The SMILES string of the molecule is CC(C)(C)N1CC2C(N)C2C1.CC(C)(C)N1CC2CC2(N)C1.CC(C)(C)N1CCC(CN)C1.CC(C)(C)N1CCC(N)C1.CC(C)(C)N1CCC(N)CC1.CC(C)(C)N1CCCC(N)C1.CC(C)(C)N1CCNCC1.CNCC1CCN(C(C)(C)C)C1.C[C@H](N)[C@@H]1CCN(C(C)(C)C)C1.C[C@H](N)[C@H]1CCN(C(C)(C)C)C1.[C-]#[N+]CCN[C@@H](C)[C@@H]1CCN(C(C)(C)C)C1. The summed E-state index contributed by atoms with van der Waals surface area (Å²) in [5, 5.41) is 10.1. The highest BCUT2D eigenvalue weighted by molar-refractivity contribution is 5.17. The first-order valence-electron chi connectivity index (χ1n) is 51.6. The Hall–Kier alpha value is -1.39. The number of rotatable bonds is 9. The first kappa shape index (κ1) is 120. The molecular weight excluding hydrogens is 1570 g/mol. The van der Waals surface area contributed by atoms with Crippen LogP contribution in [0.25, 0.3) is 4.85 Å². The average molecular weight is 1800 g/mol. The molecule has 11 heterocycles. The lowest BCUT2D eigenvalue weighted by molar-refractivity contribution is 0.0999. The van der Waals surface area contributed by atoms with E-state index in [1.807, 2.05) is 7.05 Å². The smallest absolute Gasteiger partial charge is 0.226 e. The van der Waals surface area contributed by atoms with Crippen LogP contribution in [0.15, 0.2) is 0 Å². The number of nitrogens with two attached hydrogens (primary N) is 8. The molecule has 0 bridgehead atoms. The molecule has 0 spiro atoms. The number of piperazine rings is 1. The van der Waals surface area contributed by atoms with E-state index >= 15 is 0 Å². The Bertz CT molecular complexity index is 2860. The van der Waals surface area contributed by atoms with Gasteiger partial charge in [0.1, 0.15) is 0 Å². The fourth-order valence-corrected chi connectivity index (χ4v) is 19.6. The first-order valence-corrected chi connectivity index (χ1v) is 51.6. The zero-order valence-electron chi connectivity index (χ0n) is 91.2. The summed E-state index contributed by atoms with van der Waals surface area (Å²) >= 11 is 0. The molecule has 8 unspecified atom stereocenters. The van der Waals surface area contributed by atoms with Crippen molar-refractivity contribution in [3.8, 4) is 0 Å². The van der Waals surface area contributed by atoms with Gasteiger partial charge in [0.25, 0.3) is 0 Å². The molecule has 23 nitrogen and oxygen atoms in total. The molecule has 13 fully saturated rings. The summed E-state index contributed by atoms with van der Waals surface area (Å²) in [7, 11) is 2.04. The van der Waals surface area contributed by atoms with Crippen LogP contribution in [0.5, 0.6) is 0 Å². The molecule has 19 N–H and O–H groups in total. The van der Waals surface area contributed by atoms with Crippen LogP contribution in [-0.4, -0.2) is 353 Å². The van der Waals surface area contributed by atoms with Crippen molar-refractivity contribution in [2.45, 2.75) is 429 Å². The zero-order valence-corrected chi connectivity index (χ0v) is 91.2. The first-order chi connectivity index (χ1) is 57.9. The topological polar surface area (TPSA) is 284 Å². The predicted molar refractivity (Wildman–Crippen MR) is 554 cm³/mol. The van der Waals surface area contributed by atoms with Crippen LogP contribution in [0.3, 0.4) is 0 Å². The number of likely N-dealkylation sites (tertiary alicyclic amines) is 10. The standard InChI is InChI=1S/C13H25N3.3C10H22N2.2C9H18N2.3C9H20N2.2C8H18N2/c1-11(15-8-7-14-5)12-6-9-16(10-12)13(2,3)4;1-10(2,3)12-6-5-9(8-12)7-11-4;2*1-8(11)9-5-6-12(7-9)10(2,3)4;1-8(2,3)11-5-7-4-9(7,10)6-11;1-9(2,3)11-4-6-7(5-11)8(6)10;1-9(2,3)11-6-4-8(10)5-7-11;1-9(2,3)11-5-4-8(6-10)7-11;1-9(2,3)11-6-4-5-8(10)7-11;1-8(2,3)10-6-4-9-5-7-10;1-8(2,3)10-5-4-7(9)6-10/h11-12,15H,6-10H2,1-4H3;9,11H,5-8H2,1-4H3;2*8-9H,5-7,11H2,1-4H3;7H,4-6,10H2,1-3H3;6-8H,4-5,10H2,1-3H3;3*8H,4-7,10H2,1-3H3;9H,4-7H2,1-3H3;7H,4-6,9H2,1-3H3/t11-,12+;;8-,9+;8-,9-;;;;;;;/m0.00......./s1. The molecule has 754 valence electrons. The van der Waals surface area contributed by atoms with Gasteiger partial charge in [0.05, 0.1) is 6.54 Å². The van der Waals surface area contributed by atoms with Crippen molar-refractivity contribution in [2.24, 2.45) is 93.2 Å². The molecule has 127 heavy (non-hydrogen) atoms. The molecule has 0 aromatic carbocycles. The number of piperidine rings is 4. The van der Waals surface area contributed by atoms with E-state index in [-0.39, 0.29) is 5.54 Å². The largest absolute Gasteiger partial charge is 0.330 e. The summed E-state index contributed by atoms with van der Waals surface area (Å²) < 4.78 is 0. The van der Waals surface area contributed by atoms with Crippen molar-refractivity contribution in [1.82, 2.24) is 69.8 Å². The minimum absolute atomic E-state index is 0.216. The molecule has 0 radical (unpaired) electrons. The summed E-state index contributed by atoms with van der Waals surface area (Å²) in [5.41, 5.74) is 50.6. The molecule has 0 aromatic rings. The third-order valence-corrected chi connectivity index (χ3v) is 30.2. The Kier molecular flexibility index (Phi) is 48.9. The second-order valence-electron chi connectivity index (χ2n) is 52.4. The molecule has 11 saturated heterocycles. The Labute approximate surface area is 789 Å². The molecule has 23 heteroatoms. The minimum Gasteiger partial charge on any atom is -0.330 e. The van der Waals surface area contributed by atoms with Crippen LogP contribution < -0.4 is 61.8 Å². The van der Waals surface area contributed by atoms with Crippen LogP contribution >= 0.6 is 0 Å². The fourth-order valence-electron chi connectivity index (χ4n) is 19.6. The van der Waals surface area contributed by atoms with Gasteiger partial charge < -0.3 is 66.7 Å². The quantitative estimate of drug-likeness (QED) is 0.0756. The van der Waals surface area contributed by atoms with Gasteiger partial charge in [0.2, 0.25) is 6.54 Å². The normalized spacial score (nSPS) is 29.9. The van der Waals surface area contributed by atoms with Crippen LogP contribution in [-0.2, 0) is 0 Å². The maximum Gasteiger partial charge on any atom is 0.226 e. The minimum atomic E-state index is 0.216. The Morgan fingerprint density at radius 2 is 0.693 bits per heavy atom. The number of nitrogens with zero attached hydrogens (tertiary/aromatic N) is 12. The number of hydrogen-bond donors (Lipinski definition) is 11. The van der Waals surface area contributed by atoms with Crippen LogP contribution in [0.2, 0.25) is 0 Å². The maximum atomic E-state index is 6.75. The van der Waals surface area contributed by atoms with Crippen molar-refractivity contribution in [3.63, 3.8) is 0 Å². The summed E-state index contributed by atoms with van der Waals surface area (Å²) in [6.45, 7) is 120. The lowest BCUT2D eigenvalue weighted by atomic mass is 9.99. The van der Waals surface area contributed by atoms with Crippen molar-refractivity contribution in [2.75, 3.05) is 190 Å². The number of hydrogen-bond acceptors (Lipinski definition) is 22. The Morgan fingerprint density at radius 3 is 0.984 bits per heavy atom. The van der Waals surface area contributed by atoms with Gasteiger partial charge >= 0.3 is 0 Å². The van der Waals surface area contributed by atoms with E-state index in [4.69, 9.17) is 52.4 Å². The molecule has 13 aliphatic rings. The maximum absolute atomic E-state index is 6.75. The van der Waals surface area contributed by atoms with Gasteiger partial charge in [-0.3, -0.25) is 53.9 Å². The lowest BCUT2D eigenvalue weighted by Gasteiger charge is -2.40. The lowest BCUT2D eigenvalue weighted by Crippen LogP contribution is -2.51. The summed E-state index contributed by atoms with van der Waals surface area (Å²) in [4.78, 5) is 31.1. The second-order valence-corrected chi connectivity index (χ2v) is 52.4. The van der Waals surface area contributed by atoms with E-state index < -0.39 is 0 Å². The van der Waals surface area contributed by atoms with Crippen molar-refractivity contribution < 1.29 is 0 Å². The van der Waals surface area contributed by atoms with Gasteiger partial charge in [0.15, 0.2) is 0 Å². The molecular formula is C104H223N23. The second kappa shape index (κ2) is 51.9. The molecule has 0 amide bonds. The van der Waals surface area contributed by atoms with Crippen molar-refractivity contribution >= 4 is 0 Å². The Morgan fingerprint density at radius 1 is 0.370 bits per heavy atom. The molecule has 11 aliphatic heterocycles. The van der Waals surface area contributed by atoms with Gasteiger partial charge in [0, 0.05) is 227 Å².